The van der Waals surface area contributed by atoms with Crippen molar-refractivity contribution in [2.75, 3.05) is 24.8 Å². The number of aromatic amines is 1. The average Bonchev–Trinajstić information content (AvgIpc) is 3.23. The number of aromatic nitrogens is 5. The molecule has 2 aromatic heterocycles. The summed E-state index contributed by atoms with van der Waals surface area (Å²) in [4.78, 5) is 41.7. The van der Waals surface area contributed by atoms with Gasteiger partial charge in [-0.2, -0.15) is 0 Å². The maximum absolute atomic E-state index is 13.3. The number of benzene rings is 2. The Morgan fingerprint density at radius 1 is 1.15 bits per heavy atom. The third-order valence-electron chi connectivity index (χ3n) is 5.43. The lowest BCUT2D eigenvalue weighted by molar-refractivity contribution is 0.0987. The summed E-state index contributed by atoms with van der Waals surface area (Å²) in [6.07, 6.45) is 0. The zero-order valence-electron chi connectivity index (χ0n) is 18.8. The topological polar surface area (TPSA) is 141 Å². The molecule has 11 heteroatoms. The number of carbonyl (C=O) groups is 1. The molecular formula is C23H23N7O4. The van der Waals surface area contributed by atoms with Gasteiger partial charge in [0.25, 0.3) is 11.5 Å². The predicted molar refractivity (Wildman–Crippen MR) is 127 cm³/mol. The minimum atomic E-state index is -0.777. The lowest BCUT2D eigenvalue weighted by atomic mass is 10.2. The van der Waals surface area contributed by atoms with Gasteiger partial charge >= 0.3 is 5.69 Å². The van der Waals surface area contributed by atoms with Crippen LogP contribution in [0, 0.1) is 6.92 Å². The molecule has 0 aliphatic rings. The first-order valence-electron chi connectivity index (χ1n) is 10.3. The van der Waals surface area contributed by atoms with E-state index in [1.165, 1.54) is 16.3 Å². The highest BCUT2D eigenvalue weighted by molar-refractivity contribution is 6.06. The molecule has 1 amide bonds. The molecule has 11 nitrogen and oxygen atoms in total. The molecule has 0 unspecified atom stereocenters. The summed E-state index contributed by atoms with van der Waals surface area (Å²) >= 11 is 0. The van der Waals surface area contributed by atoms with Crippen LogP contribution < -0.4 is 26.6 Å². The molecule has 0 aliphatic carbocycles. The van der Waals surface area contributed by atoms with Crippen molar-refractivity contribution in [3.8, 4) is 11.4 Å². The Kier molecular flexibility index (Phi) is 6.00. The molecule has 0 bridgehead atoms. The first-order valence-corrected chi connectivity index (χ1v) is 10.3. The van der Waals surface area contributed by atoms with E-state index in [9.17, 15) is 14.4 Å². The minimum Gasteiger partial charge on any atom is -0.497 e. The van der Waals surface area contributed by atoms with Crippen LogP contribution in [0.1, 0.15) is 21.7 Å². The van der Waals surface area contributed by atoms with Crippen molar-refractivity contribution in [3.05, 3.63) is 92.4 Å². The SMILES string of the molecule is COc1cccc(-n2nnc(C(=O)N(C)c3c(N)n(Cc4ccccc4)c(=O)[nH]c3=O)c2C)c1. The second-order valence-corrected chi connectivity index (χ2v) is 7.57. The molecule has 2 heterocycles. The van der Waals surface area contributed by atoms with Gasteiger partial charge in [-0.15, -0.1) is 5.10 Å². The Morgan fingerprint density at radius 2 is 1.88 bits per heavy atom. The molecule has 0 saturated carbocycles. The fourth-order valence-electron chi connectivity index (χ4n) is 3.60. The smallest absolute Gasteiger partial charge is 0.330 e. The molecule has 0 spiro atoms. The zero-order chi connectivity index (χ0) is 24.4. The van der Waals surface area contributed by atoms with Crippen molar-refractivity contribution in [1.29, 1.82) is 0 Å². The first-order chi connectivity index (χ1) is 16.3. The fraction of sp³-hybridized carbons (Fsp3) is 0.174. The summed E-state index contributed by atoms with van der Waals surface area (Å²) in [5, 5.41) is 8.10. The molecule has 0 atom stereocenters. The summed E-state index contributed by atoms with van der Waals surface area (Å²) in [6.45, 7) is 1.81. The first kappa shape index (κ1) is 22.5. The molecule has 0 radical (unpaired) electrons. The second-order valence-electron chi connectivity index (χ2n) is 7.57. The van der Waals surface area contributed by atoms with Crippen molar-refractivity contribution in [1.82, 2.24) is 24.5 Å². The van der Waals surface area contributed by atoms with Crippen molar-refractivity contribution >= 4 is 17.4 Å². The lowest BCUT2D eigenvalue weighted by Crippen LogP contribution is -2.39. The summed E-state index contributed by atoms with van der Waals surface area (Å²) < 4.78 is 7.94. The van der Waals surface area contributed by atoms with Gasteiger partial charge in [-0.3, -0.25) is 19.1 Å². The average molecular weight is 461 g/mol. The van der Waals surface area contributed by atoms with Gasteiger partial charge in [0.1, 0.15) is 11.6 Å². The molecule has 34 heavy (non-hydrogen) atoms. The monoisotopic (exact) mass is 461 g/mol. The molecule has 0 aliphatic heterocycles. The third-order valence-corrected chi connectivity index (χ3v) is 5.43. The number of rotatable bonds is 6. The van der Waals surface area contributed by atoms with Crippen molar-refractivity contribution < 1.29 is 9.53 Å². The predicted octanol–water partition coefficient (Wildman–Crippen LogP) is 1.34. The highest BCUT2D eigenvalue weighted by atomic mass is 16.5. The van der Waals surface area contributed by atoms with E-state index in [0.717, 1.165) is 10.5 Å². The van der Waals surface area contributed by atoms with Gasteiger partial charge in [0.15, 0.2) is 11.4 Å². The van der Waals surface area contributed by atoms with Crippen molar-refractivity contribution in [2.45, 2.75) is 13.5 Å². The van der Waals surface area contributed by atoms with Crippen LogP contribution in [-0.4, -0.2) is 44.6 Å². The number of nitrogens with two attached hydrogens (primary N) is 1. The van der Waals surface area contributed by atoms with Crippen LogP contribution in [0.15, 0.2) is 64.2 Å². The van der Waals surface area contributed by atoms with Crippen LogP contribution in [0.2, 0.25) is 0 Å². The highest BCUT2D eigenvalue weighted by Crippen LogP contribution is 2.21. The van der Waals surface area contributed by atoms with Crippen LogP contribution in [0.25, 0.3) is 5.69 Å². The van der Waals surface area contributed by atoms with Gasteiger partial charge < -0.3 is 15.4 Å². The number of hydrogen-bond donors (Lipinski definition) is 2. The number of H-pyrrole nitrogens is 1. The number of hydrogen-bond acceptors (Lipinski definition) is 7. The van der Waals surface area contributed by atoms with E-state index < -0.39 is 17.2 Å². The van der Waals surface area contributed by atoms with Crippen LogP contribution in [0.3, 0.4) is 0 Å². The number of amides is 1. The molecule has 174 valence electrons. The molecule has 4 aromatic rings. The van der Waals surface area contributed by atoms with Crippen molar-refractivity contribution in [2.24, 2.45) is 0 Å². The zero-order valence-corrected chi connectivity index (χ0v) is 18.8. The van der Waals surface area contributed by atoms with Gasteiger partial charge in [-0.1, -0.05) is 41.6 Å². The molecular weight excluding hydrogens is 438 g/mol. The molecule has 0 fully saturated rings. The molecule has 0 saturated heterocycles. The van der Waals surface area contributed by atoms with Crippen LogP contribution in [0.4, 0.5) is 11.5 Å². The second kappa shape index (κ2) is 9.06. The van der Waals surface area contributed by atoms with Crippen LogP contribution >= 0.6 is 0 Å². The number of anilines is 2. The van der Waals surface area contributed by atoms with E-state index in [2.05, 4.69) is 15.3 Å². The molecule has 4 rings (SSSR count). The Morgan fingerprint density at radius 3 is 2.59 bits per heavy atom. The standard InChI is InChI=1S/C23H23N7O4/c1-14-18(26-27-30(14)16-10-7-11-17(12-16)34-3)22(32)28(2)19-20(24)29(23(33)25-21(19)31)13-15-8-5-4-6-9-15/h4-12H,13,24H2,1-3H3,(H,25,31,33). The summed E-state index contributed by atoms with van der Waals surface area (Å²) in [7, 11) is 2.95. The maximum Gasteiger partial charge on any atom is 0.330 e. The largest absolute Gasteiger partial charge is 0.497 e. The van der Waals surface area contributed by atoms with E-state index >= 15 is 0 Å². The minimum absolute atomic E-state index is 0.0323. The number of nitrogens with zero attached hydrogens (tertiary/aromatic N) is 5. The number of methoxy groups -OCH3 is 1. The highest BCUT2D eigenvalue weighted by Gasteiger charge is 2.26. The van der Waals surface area contributed by atoms with E-state index in [-0.39, 0.29) is 23.7 Å². The number of ether oxygens (including phenoxy) is 1. The summed E-state index contributed by atoms with van der Waals surface area (Å²) in [5.41, 5.74) is 6.55. The van der Waals surface area contributed by atoms with Crippen LogP contribution in [-0.2, 0) is 6.54 Å². The Hall–Kier alpha value is -4.67. The normalized spacial score (nSPS) is 10.8. The molecule has 2 aromatic carbocycles. The fourth-order valence-corrected chi connectivity index (χ4v) is 3.60. The third kappa shape index (κ3) is 4.06. The summed E-state index contributed by atoms with van der Waals surface area (Å²) in [6, 6.07) is 16.3. The van der Waals surface area contributed by atoms with E-state index in [1.807, 2.05) is 30.3 Å². The van der Waals surface area contributed by atoms with E-state index in [0.29, 0.717) is 17.1 Å². The molecule has 3 N–H and O–H groups in total. The maximum atomic E-state index is 13.3. The lowest BCUT2D eigenvalue weighted by Gasteiger charge is -2.20. The van der Waals surface area contributed by atoms with Gasteiger partial charge in [0.2, 0.25) is 0 Å². The van der Waals surface area contributed by atoms with Gasteiger partial charge in [-0.25, -0.2) is 9.48 Å². The Bertz CT molecular complexity index is 1470. The van der Waals surface area contributed by atoms with Crippen molar-refractivity contribution in [3.63, 3.8) is 0 Å². The van der Waals surface area contributed by atoms with Gasteiger partial charge in [-0.05, 0) is 24.6 Å². The van der Waals surface area contributed by atoms with E-state index in [1.54, 1.807) is 38.3 Å². The van der Waals surface area contributed by atoms with Gasteiger partial charge in [0.05, 0.1) is 25.0 Å². The number of nitrogens with one attached hydrogen (secondary N) is 1. The van der Waals surface area contributed by atoms with Crippen LogP contribution in [0.5, 0.6) is 5.75 Å². The number of carbonyl (C=O) groups excluding carboxylic acids is 1. The quantitative estimate of drug-likeness (QED) is 0.441. The number of nitrogen functional groups attached to an aromatic ring is 1. The summed E-state index contributed by atoms with van der Waals surface area (Å²) in [5.74, 6) is -0.113. The Labute approximate surface area is 194 Å². The Balaban J connectivity index is 1.71. The van der Waals surface area contributed by atoms with E-state index in [4.69, 9.17) is 10.5 Å². The van der Waals surface area contributed by atoms with Gasteiger partial charge in [0, 0.05) is 13.1 Å².